The highest BCUT2D eigenvalue weighted by molar-refractivity contribution is 5.92. The number of aromatic nitrogens is 1. The lowest BCUT2D eigenvalue weighted by molar-refractivity contribution is 0.445. The van der Waals surface area contributed by atoms with Crippen LogP contribution in [0.4, 0.5) is 17.2 Å². The molecule has 0 unspecified atom stereocenters. The standard InChI is InChI=1S/C29H39N5.C3H4.C2H6/c1-5-6-9-16-33(4)26-14-15-28(32-30-3)24(20-26)19-25-18-23-12-7-8-13-27(23)29(31-25)34-17-10-11-22(2)21-34;1-3-2;1-2/h7-8,12-15,18,20,22,32H,3,5-6,9-11,16-17,19,21H2,1-2,4H3;1-2H2;1-2H3/t22-;;/m0../s1. The van der Waals surface area contributed by atoms with E-state index in [0.29, 0.717) is 5.92 Å². The molecule has 1 N–H and O–H groups in total. The van der Waals surface area contributed by atoms with Crippen molar-refractivity contribution in [2.75, 3.05) is 41.9 Å². The summed E-state index contributed by atoms with van der Waals surface area (Å²) in [5, 5.41) is 6.45. The van der Waals surface area contributed by atoms with E-state index in [0.717, 1.165) is 43.3 Å². The first-order valence-electron chi connectivity index (χ1n) is 14.5. The van der Waals surface area contributed by atoms with Crippen molar-refractivity contribution in [3.8, 4) is 0 Å². The quantitative estimate of drug-likeness (QED) is 0.124. The van der Waals surface area contributed by atoms with Gasteiger partial charge in [0.2, 0.25) is 0 Å². The van der Waals surface area contributed by atoms with Gasteiger partial charge in [-0.15, -0.1) is 5.73 Å². The van der Waals surface area contributed by atoms with Crippen LogP contribution in [0.25, 0.3) is 10.8 Å². The highest BCUT2D eigenvalue weighted by Gasteiger charge is 2.20. The average Bonchev–Trinajstić information content (AvgIpc) is 2.95. The zero-order chi connectivity index (χ0) is 28.6. The summed E-state index contributed by atoms with van der Waals surface area (Å²) in [6.45, 7) is 21.7. The van der Waals surface area contributed by atoms with Crippen LogP contribution in [0.5, 0.6) is 0 Å². The molecule has 1 saturated heterocycles. The summed E-state index contributed by atoms with van der Waals surface area (Å²) in [4.78, 5) is 10.1. The van der Waals surface area contributed by atoms with Crippen molar-refractivity contribution in [1.82, 2.24) is 4.98 Å². The molecule has 1 aliphatic heterocycles. The van der Waals surface area contributed by atoms with Gasteiger partial charge in [-0.2, -0.15) is 5.10 Å². The fourth-order valence-electron chi connectivity index (χ4n) is 5.03. The number of nitrogens with one attached hydrogen (secondary N) is 1. The number of nitrogens with zero attached hydrogens (tertiary/aromatic N) is 4. The summed E-state index contributed by atoms with van der Waals surface area (Å²) in [5.41, 5.74) is 9.84. The fourth-order valence-corrected chi connectivity index (χ4v) is 5.03. The molecule has 210 valence electrons. The predicted octanol–water partition coefficient (Wildman–Crippen LogP) is 8.70. The second kappa shape index (κ2) is 17.1. The first-order valence-corrected chi connectivity index (χ1v) is 14.5. The molecule has 2 heterocycles. The van der Waals surface area contributed by atoms with Crippen LogP contribution < -0.4 is 15.2 Å². The van der Waals surface area contributed by atoms with E-state index in [1.807, 2.05) is 13.8 Å². The Morgan fingerprint density at radius 3 is 2.56 bits per heavy atom. The van der Waals surface area contributed by atoms with Gasteiger partial charge in [0.1, 0.15) is 5.82 Å². The minimum Gasteiger partial charge on any atom is -0.375 e. The van der Waals surface area contributed by atoms with Gasteiger partial charge in [0, 0.05) is 56.6 Å². The Balaban J connectivity index is 0.000000998. The lowest BCUT2D eigenvalue weighted by Gasteiger charge is -2.33. The van der Waals surface area contributed by atoms with Crippen molar-refractivity contribution in [2.45, 2.75) is 66.2 Å². The monoisotopic (exact) mass is 527 g/mol. The molecule has 4 rings (SSSR count). The summed E-state index contributed by atoms with van der Waals surface area (Å²) in [6, 6.07) is 17.5. The van der Waals surface area contributed by atoms with Crippen LogP contribution in [0, 0.1) is 5.92 Å². The van der Waals surface area contributed by atoms with Crippen LogP contribution in [0.3, 0.4) is 0 Å². The van der Waals surface area contributed by atoms with Crippen LogP contribution in [0.1, 0.15) is 71.1 Å². The maximum atomic E-state index is 5.23. The zero-order valence-electron chi connectivity index (χ0n) is 25.0. The van der Waals surface area contributed by atoms with Crippen molar-refractivity contribution in [2.24, 2.45) is 11.0 Å². The van der Waals surface area contributed by atoms with Gasteiger partial charge in [-0.3, -0.25) is 5.43 Å². The van der Waals surface area contributed by atoms with Crippen LogP contribution in [0.2, 0.25) is 0 Å². The van der Waals surface area contributed by atoms with E-state index in [9.17, 15) is 0 Å². The number of hydrazone groups is 1. The van der Waals surface area contributed by atoms with Crippen LogP contribution in [0.15, 0.2) is 72.5 Å². The van der Waals surface area contributed by atoms with Crippen molar-refractivity contribution >= 4 is 34.7 Å². The number of anilines is 3. The minimum atomic E-state index is 0.701. The third kappa shape index (κ3) is 9.30. The maximum absolute atomic E-state index is 5.23. The molecule has 5 nitrogen and oxygen atoms in total. The second-order valence-corrected chi connectivity index (χ2v) is 10.0. The molecule has 0 spiro atoms. The van der Waals surface area contributed by atoms with Gasteiger partial charge in [-0.25, -0.2) is 4.98 Å². The van der Waals surface area contributed by atoms with E-state index < -0.39 is 0 Å². The Kier molecular flexibility index (Phi) is 13.9. The van der Waals surface area contributed by atoms with Gasteiger partial charge >= 0.3 is 0 Å². The molecule has 3 aromatic rings. The van der Waals surface area contributed by atoms with Gasteiger partial charge < -0.3 is 9.80 Å². The third-order valence-corrected chi connectivity index (χ3v) is 6.93. The van der Waals surface area contributed by atoms with Crippen molar-refractivity contribution < 1.29 is 0 Å². The normalized spacial score (nSPS) is 14.3. The Labute approximate surface area is 237 Å². The number of hydrogen-bond acceptors (Lipinski definition) is 5. The number of fused-ring (bicyclic) bond motifs is 1. The highest BCUT2D eigenvalue weighted by Crippen LogP contribution is 2.31. The van der Waals surface area contributed by atoms with Crippen molar-refractivity contribution in [1.29, 1.82) is 0 Å². The Morgan fingerprint density at radius 2 is 1.87 bits per heavy atom. The van der Waals surface area contributed by atoms with E-state index in [-0.39, 0.29) is 0 Å². The van der Waals surface area contributed by atoms with Crippen molar-refractivity contribution in [3.63, 3.8) is 0 Å². The highest BCUT2D eigenvalue weighted by atomic mass is 15.3. The number of unbranched alkanes of at least 4 members (excludes halogenated alkanes) is 2. The largest absolute Gasteiger partial charge is 0.375 e. The van der Waals surface area contributed by atoms with Gasteiger partial charge in [0.25, 0.3) is 0 Å². The van der Waals surface area contributed by atoms with E-state index in [2.05, 4.69) is 115 Å². The fraction of sp³-hybridized carbons (Fsp3) is 0.441. The molecule has 0 aliphatic carbocycles. The van der Waals surface area contributed by atoms with E-state index in [1.54, 1.807) is 0 Å². The summed E-state index contributed by atoms with van der Waals surface area (Å²) < 4.78 is 0. The average molecular weight is 528 g/mol. The van der Waals surface area contributed by atoms with E-state index in [4.69, 9.17) is 4.98 Å². The Bertz CT molecular complexity index is 1200. The molecule has 0 bridgehead atoms. The predicted molar refractivity (Wildman–Crippen MR) is 174 cm³/mol. The SMILES string of the molecule is C=C=C.C=NNc1ccc(N(C)CCCCC)cc1Cc1cc2ccccc2c(N2CCC[C@H](C)C2)n1.CC. The van der Waals surface area contributed by atoms with Crippen LogP contribution in [-0.2, 0) is 6.42 Å². The van der Waals surface area contributed by atoms with E-state index >= 15 is 0 Å². The summed E-state index contributed by atoms with van der Waals surface area (Å²) in [5.74, 6) is 1.83. The molecule has 1 aliphatic rings. The van der Waals surface area contributed by atoms with Crippen LogP contribution in [-0.4, -0.2) is 38.4 Å². The Hall–Kier alpha value is -3.56. The maximum Gasteiger partial charge on any atom is 0.136 e. The molecule has 1 aromatic heterocycles. The smallest absolute Gasteiger partial charge is 0.136 e. The minimum absolute atomic E-state index is 0.701. The molecule has 39 heavy (non-hydrogen) atoms. The second-order valence-electron chi connectivity index (χ2n) is 10.0. The van der Waals surface area contributed by atoms with E-state index in [1.165, 1.54) is 54.1 Å². The van der Waals surface area contributed by atoms with Gasteiger partial charge in [0.05, 0.1) is 5.69 Å². The number of benzene rings is 2. The molecule has 0 saturated carbocycles. The summed E-state index contributed by atoms with van der Waals surface area (Å²) in [7, 11) is 2.18. The molecular formula is C34H49N5. The lowest BCUT2D eigenvalue weighted by atomic mass is 9.99. The lowest BCUT2D eigenvalue weighted by Crippen LogP contribution is -2.35. The topological polar surface area (TPSA) is 43.8 Å². The van der Waals surface area contributed by atoms with Gasteiger partial charge in [-0.05, 0) is 60.4 Å². The molecular weight excluding hydrogens is 478 g/mol. The molecule has 1 fully saturated rings. The molecule has 1 atom stereocenters. The summed E-state index contributed by atoms with van der Waals surface area (Å²) >= 11 is 0. The number of hydrogen-bond donors (Lipinski definition) is 1. The van der Waals surface area contributed by atoms with Gasteiger partial charge in [0.15, 0.2) is 0 Å². The number of piperidine rings is 1. The van der Waals surface area contributed by atoms with Gasteiger partial charge in [-0.1, -0.05) is 78.0 Å². The first-order chi connectivity index (χ1) is 19.0. The molecule has 2 aromatic carbocycles. The number of pyridine rings is 1. The number of rotatable bonds is 10. The first kappa shape index (κ1) is 31.7. The van der Waals surface area contributed by atoms with Crippen molar-refractivity contribution in [3.05, 3.63) is 78.7 Å². The van der Waals surface area contributed by atoms with Crippen LogP contribution >= 0.6 is 0 Å². The zero-order valence-corrected chi connectivity index (χ0v) is 25.0. The third-order valence-electron chi connectivity index (χ3n) is 6.93. The molecule has 0 radical (unpaired) electrons. The summed E-state index contributed by atoms with van der Waals surface area (Å²) in [6.07, 6.45) is 6.98. The molecule has 5 heteroatoms. The Morgan fingerprint density at radius 1 is 1.13 bits per heavy atom. The molecule has 0 amide bonds.